The van der Waals surface area contributed by atoms with Crippen LogP contribution < -0.4 is 0 Å². The van der Waals surface area contributed by atoms with Crippen LogP contribution in [-0.2, 0) is 19.1 Å². The second-order valence-electron chi connectivity index (χ2n) is 6.90. The van der Waals surface area contributed by atoms with Gasteiger partial charge in [0.1, 0.15) is 6.10 Å². The van der Waals surface area contributed by atoms with Gasteiger partial charge in [-0.25, -0.2) is 0 Å². The van der Waals surface area contributed by atoms with Crippen LogP contribution in [0, 0.1) is 32.6 Å². The highest BCUT2D eigenvalue weighted by atomic mass is 16.5. The van der Waals surface area contributed by atoms with Crippen LogP contribution in [0.4, 0.5) is 0 Å². The van der Waals surface area contributed by atoms with Crippen molar-refractivity contribution in [2.24, 2.45) is 11.8 Å². The minimum Gasteiger partial charge on any atom is -0.469 e. The summed E-state index contributed by atoms with van der Waals surface area (Å²) in [6.07, 6.45) is 2.35. The number of carbonyl (C=O) groups is 2. The molecule has 0 heterocycles. The number of ketones is 1. The Kier molecular flexibility index (Phi) is 6.16. The van der Waals surface area contributed by atoms with Crippen molar-refractivity contribution in [3.63, 3.8) is 0 Å². The van der Waals surface area contributed by atoms with Gasteiger partial charge in [-0.3, -0.25) is 9.59 Å². The van der Waals surface area contributed by atoms with Gasteiger partial charge in [0.25, 0.3) is 0 Å². The summed E-state index contributed by atoms with van der Waals surface area (Å²) >= 11 is 0. The average Bonchev–Trinajstić information content (AvgIpc) is 2.56. The minimum absolute atomic E-state index is 0.0454. The molecule has 4 heteroatoms. The normalized spacial score (nSPS) is 22.0. The van der Waals surface area contributed by atoms with E-state index in [1.54, 1.807) is 7.11 Å². The quantitative estimate of drug-likeness (QED) is 0.769. The van der Waals surface area contributed by atoms with Crippen molar-refractivity contribution in [1.29, 1.82) is 0 Å². The maximum atomic E-state index is 13.0. The molecule has 1 aromatic carbocycles. The number of aryl methyl sites for hydroxylation is 3. The molecule has 0 N–H and O–H groups in total. The third kappa shape index (κ3) is 3.86. The van der Waals surface area contributed by atoms with Crippen LogP contribution in [-0.4, -0.2) is 26.0 Å². The Bertz CT molecular complexity index is 589. The molecule has 0 saturated heterocycles. The lowest BCUT2D eigenvalue weighted by Crippen LogP contribution is -2.30. The second kappa shape index (κ2) is 7.93. The fraction of sp³-hybridized carbons (Fsp3) is 0.600. The molecule has 1 aromatic rings. The van der Waals surface area contributed by atoms with Gasteiger partial charge in [-0.05, 0) is 63.1 Å². The molecule has 0 amide bonds. The minimum atomic E-state index is -0.523. The van der Waals surface area contributed by atoms with Crippen molar-refractivity contribution in [3.8, 4) is 0 Å². The molecular weight excluding hydrogens is 304 g/mol. The molecule has 4 nitrogen and oxygen atoms in total. The maximum absolute atomic E-state index is 13.0. The van der Waals surface area contributed by atoms with Crippen LogP contribution in [0.3, 0.4) is 0 Å². The summed E-state index contributed by atoms with van der Waals surface area (Å²) in [5.74, 6) is -0.135. The first-order valence-corrected chi connectivity index (χ1v) is 8.61. The monoisotopic (exact) mass is 332 g/mol. The second-order valence-corrected chi connectivity index (χ2v) is 6.90. The predicted molar refractivity (Wildman–Crippen MR) is 92.9 cm³/mol. The van der Waals surface area contributed by atoms with Crippen molar-refractivity contribution >= 4 is 11.8 Å². The zero-order chi connectivity index (χ0) is 17.9. The lowest BCUT2D eigenvalue weighted by atomic mass is 9.77. The lowest BCUT2D eigenvalue weighted by Gasteiger charge is -2.29. The Labute approximate surface area is 144 Å². The van der Waals surface area contributed by atoms with Gasteiger partial charge in [0.15, 0.2) is 5.78 Å². The first-order chi connectivity index (χ1) is 11.4. The summed E-state index contributed by atoms with van der Waals surface area (Å²) in [6.45, 7) is 6.12. The Hall–Kier alpha value is -1.68. The van der Waals surface area contributed by atoms with Crippen LogP contribution >= 0.6 is 0 Å². The summed E-state index contributed by atoms with van der Waals surface area (Å²) in [6, 6.07) is 4.19. The number of methoxy groups -OCH3 is 2. The number of benzene rings is 1. The largest absolute Gasteiger partial charge is 0.469 e. The van der Waals surface area contributed by atoms with Crippen LogP contribution in [0.25, 0.3) is 0 Å². The van der Waals surface area contributed by atoms with E-state index in [1.165, 1.54) is 12.7 Å². The van der Waals surface area contributed by atoms with Crippen molar-refractivity contribution in [3.05, 3.63) is 34.4 Å². The fourth-order valence-electron chi connectivity index (χ4n) is 3.98. The number of esters is 1. The SMILES string of the molecule is COC(=O)C1CCC(C(=O)C(OC)c2c(C)cc(C)cc2C)CC1. The predicted octanol–water partition coefficient (Wildman–Crippen LogP) is 3.85. The molecule has 0 aromatic heterocycles. The van der Waals surface area contributed by atoms with Crippen LogP contribution in [0.2, 0.25) is 0 Å². The molecule has 24 heavy (non-hydrogen) atoms. The summed E-state index contributed by atoms with van der Waals surface area (Å²) in [4.78, 5) is 24.7. The number of hydrogen-bond acceptors (Lipinski definition) is 4. The molecular formula is C20H28O4. The Balaban J connectivity index is 2.15. The molecule has 1 fully saturated rings. The molecule has 2 rings (SSSR count). The van der Waals surface area contributed by atoms with Crippen LogP contribution in [0.1, 0.15) is 54.0 Å². The van der Waals surface area contributed by atoms with E-state index in [1.807, 2.05) is 13.8 Å². The van der Waals surface area contributed by atoms with Crippen molar-refractivity contribution < 1.29 is 19.1 Å². The summed E-state index contributed by atoms with van der Waals surface area (Å²) < 4.78 is 10.4. The van der Waals surface area contributed by atoms with E-state index in [0.29, 0.717) is 12.8 Å². The maximum Gasteiger partial charge on any atom is 0.308 e. The Morgan fingerprint density at radius 3 is 1.92 bits per heavy atom. The first-order valence-electron chi connectivity index (χ1n) is 8.61. The van der Waals surface area contributed by atoms with Crippen molar-refractivity contribution in [2.45, 2.75) is 52.6 Å². The third-order valence-electron chi connectivity index (χ3n) is 5.16. The third-order valence-corrected chi connectivity index (χ3v) is 5.16. The van der Waals surface area contributed by atoms with E-state index < -0.39 is 6.10 Å². The molecule has 132 valence electrons. The van der Waals surface area contributed by atoms with E-state index in [0.717, 1.165) is 29.5 Å². The van der Waals surface area contributed by atoms with E-state index in [-0.39, 0.29) is 23.6 Å². The molecule has 0 radical (unpaired) electrons. The number of rotatable bonds is 5. The summed E-state index contributed by atoms with van der Waals surface area (Å²) in [7, 11) is 3.02. The standard InChI is InChI=1S/C20H28O4/c1-12-10-13(2)17(14(3)11-12)19(23-4)18(21)15-6-8-16(9-7-15)20(22)24-5/h10-11,15-16,19H,6-9H2,1-5H3. The topological polar surface area (TPSA) is 52.6 Å². The zero-order valence-corrected chi connectivity index (χ0v) is 15.3. The number of Topliss-reactive ketones (excluding diaryl/α,β-unsaturated/α-hetero) is 1. The van der Waals surface area contributed by atoms with Gasteiger partial charge < -0.3 is 9.47 Å². The first kappa shape index (κ1) is 18.7. The molecule has 1 aliphatic rings. The van der Waals surface area contributed by atoms with Gasteiger partial charge >= 0.3 is 5.97 Å². The molecule has 1 atom stereocenters. The summed E-state index contributed by atoms with van der Waals surface area (Å²) in [5, 5.41) is 0. The van der Waals surface area contributed by atoms with Gasteiger partial charge in [0.05, 0.1) is 13.0 Å². The number of ether oxygens (including phenoxy) is 2. The van der Waals surface area contributed by atoms with E-state index in [2.05, 4.69) is 19.1 Å². The zero-order valence-electron chi connectivity index (χ0n) is 15.3. The van der Waals surface area contributed by atoms with Gasteiger partial charge in [-0.2, -0.15) is 0 Å². The molecule has 1 saturated carbocycles. The highest BCUT2D eigenvalue weighted by Crippen LogP contribution is 2.35. The smallest absolute Gasteiger partial charge is 0.308 e. The number of hydrogen-bond donors (Lipinski definition) is 0. The van der Waals surface area contributed by atoms with E-state index in [9.17, 15) is 9.59 Å². The fourth-order valence-corrected chi connectivity index (χ4v) is 3.98. The summed E-state index contributed by atoms with van der Waals surface area (Å²) in [5.41, 5.74) is 4.37. The highest BCUT2D eigenvalue weighted by molar-refractivity contribution is 5.87. The van der Waals surface area contributed by atoms with E-state index in [4.69, 9.17) is 9.47 Å². The molecule has 0 spiro atoms. The van der Waals surface area contributed by atoms with Crippen LogP contribution in [0.5, 0.6) is 0 Å². The Morgan fingerprint density at radius 1 is 0.958 bits per heavy atom. The Morgan fingerprint density at radius 2 is 1.46 bits per heavy atom. The average molecular weight is 332 g/mol. The van der Waals surface area contributed by atoms with Gasteiger partial charge in [0, 0.05) is 13.0 Å². The molecule has 0 bridgehead atoms. The molecule has 1 unspecified atom stereocenters. The molecule has 0 aliphatic heterocycles. The van der Waals surface area contributed by atoms with Gasteiger partial charge in [-0.1, -0.05) is 17.7 Å². The van der Waals surface area contributed by atoms with Crippen molar-refractivity contribution in [2.75, 3.05) is 14.2 Å². The highest BCUT2D eigenvalue weighted by Gasteiger charge is 2.35. The number of carbonyl (C=O) groups excluding carboxylic acids is 2. The van der Waals surface area contributed by atoms with Crippen LogP contribution in [0.15, 0.2) is 12.1 Å². The molecule has 1 aliphatic carbocycles. The van der Waals surface area contributed by atoms with Gasteiger partial charge in [0.2, 0.25) is 0 Å². The lowest BCUT2D eigenvalue weighted by molar-refractivity contribution is -0.148. The van der Waals surface area contributed by atoms with Crippen molar-refractivity contribution in [1.82, 2.24) is 0 Å². The van der Waals surface area contributed by atoms with E-state index >= 15 is 0 Å². The van der Waals surface area contributed by atoms with Gasteiger partial charge in [-0.15, -0.1) is 0 Å².